The standard InChI is InChI=1S/C13H26N2O3/c1-4-18-13(17)8-12(16)9-14-11-5-6-15(3)10(2)7-11/h10-12,14,16H,4-9H2,1-3H3. The number of aliphatic hydroxyl groups excluding tert-OH is 1. The van der Waals surface area contributed by atoms with Crippen molar-refractivity contribution < 1.29 is 14.6 Å². The maximum absolute atomic E-state index is 11.2. The molecular formula is C13H26N2O3. The molecule has 0 aromatic rings. The molecule has 0 bridgehead atoms. The van der Waals surface area contributed by atoms with E-state index in [1.165, 1.54) is 0 Å². The van der Waals surface area contributed by atoms with E-state index in [1.54, 1.807) is 6.92 Å². The minimum atomic E-state index is -0.654. The molecule has 1 aliphatic heterocycles. The first-order valence-electron chi connectivity index (χ1n) is 6.80. The Morgan fingerprint density at radius 3 is 2.94 bits per heavy atom. The average molecular weight is 258 g/mol. The summed E-state index contributed by atoms with van der Waals surface area (Å²) >= 11 is 0. The summed E-state index contributed by atoms with van der Waals surface area (Å²) in [7, 11) is 2.14. The van der Waals surface area contributed by atoms with Gasteiger partial charge < -0.3 is 20.1 Å². The van der Waals surface area contributed by atoms with Crippen molar-refractivity contribution in [3.63, 3.8) is 0 Å². The van der Waals surface area contributed by atoms with Crippen LogP contribution >= 0.6 is 0 Å². The van der Waals surface area contributed by atoms with Crippen molar-refractivity contribution in [2.24, 2.45) is 0 Å². The molecule has 0 radical (unpaired) electrons. The quantitative estimate of drug-likeness (QED) is 0.674. The van der Waals surface area contributed by atoms with Gasteiger partial charge in [0.1, 0.15) is 0 Å². The summed E-state index contributed by atoms with van der Waals surface area (Å²) < 4.78 is 4.80. The maximum atomic E-state index is 11.2. The molecule has 5 nitrogen and oxygen atoms in total. The lowest BCUT2D eigenvalue weighted by Gasteiger charge is -2.35. The third kappa shape index (κ3) is 5.33. The van der Waals surface area contributed by atoms with Crippen LogP contribution in [0.25, 0.3) is 0 Å². The van der Waals surface area contributed by atoms with Gasteiger partial charge in [0.2, 0.25) is 0 Å². The lowest BCUT2D eigenvalue weighted by molar-refractivity contribution is -0.145. The number of hydrogen-bond acceptors (Lipinski definition) is 5. The molecule has 0 aliphatic carbocycles. The summed E-state index contributed by atoms with van der Waals surface area (Å²) in [5.41, 5.74) is 0. The van der Waals surface area contributed by atoms with Gasteiger partial charge in [0.05, 0.1) is 19.1 Å². The van der Waals surface area contributed by atoms with Crippen molar-refractivity contribution in [1.29, 1.82) is 0 Å². The fourth-order valence-electron chi connectivity index (χ4n) is 2.26. The summed E-state index contributed by atoms with van der Waals surface area (Å²) in [6, 6.07) is 1.01. The van der Waals surface area contributed by atoms with Crippen LogP contribution < -0.4 is 5.32 Å². The lowest BCUT2D eigenvalue weighted by atomic mass is 9.99. The Labute approximate surface area is 109 Å². The summed E-state index contributed by atoms with van der Waals surface area (Å²) in [5, 5.41) is 13.1. The summed E-state index contributed by atoms with van der Waals surface area (Å²) in [6.45, 7) is 5.88. The van der Waals surface area contributed by atoms with Gasteiger partial charge in [-0.05, 0) is 40.3 Å². The Morgan fingerprint density at radius 1 is 1.61 bits per heavy atom. The molecule has 1 saturated heterocycles. The average Bonchev–Trinajstić information content (AvgIpc) is 2.31. The molecule has 1 heterocycles. The normalized spacial score (nSPS) is 26.9. The van der Waals surface area contributed by atoms with E-state index in [2.05, 4.69) is 24.2 Å². The summed E-state index contributed by atoms with van der Waals surface area (Å²) in [6.07, 6.45) is 1.59. The fraction of sp³-hybridized carbons (Fsp3) is 0.923. The van der Waals surface area contributed by atoms with E-state index in [0.717, 1.165) is 19.4 Å². The zero-order valence-corrected chi connectivity index (χ0v) is 11.7. The second-order valence-electron chi connectivity index (χ2n) is 5.12. The van der Waals surface area contributed by atoms with Gasteiger partial charge in [-0.1, -0.05) is 0 Å². The number of carbonyl (C=O) groups is 1. The number of carbonyl (C=O) groups excluding carboxylic acids is 1. The maximum Gasteiger partial charge on any atom is 0.308 e. The first-order chi connectivity index (χ1) is 8.52. The molecule has 0 aromatic heterocycles. The van der Waals surface area contributed by atoms with Gasteiger partial charge in [0, 0.05) is 18.6 Å². The molecule has 0 amide bonds. The molecule has 1 fully saturated rings. The van der Waals surface area contributed by atoms with Crippen molar-refractivity contribution in [1.82, 2.24) is 10.2 Å². The molecule has 1 aliphatic rings. The van der Waals surface area contributed by atoms with E-state index < -0.39 is 6.10 Å². The van der Waals surface area contributed by atoms with Crippen LogP contribution in [0.4, 0.5) is 0 Å². The molecular weight excluding hydrogens is 232 g/mol. The number of hydrogen-bond donors (Lipinski definition) is 2. The summed E-state index contributed by atoms with van der Waals surface area (Å²) in [4.78, 5) is 13.5. The Balaban J connectivity index is 2.18. The number of nitrogens with zero attached hydrogens (tertiary/aromatic N) is 1. The van der Waals surface area contributed by atoms with Crippen molar-refractivity contribution in [3.8, 4) is 0 Å². The minimum absolute atomic E-state index is 0.0724. The molecule has 2 N–H and O–H groups in total. The van der Waals surface area contributed by atoms with E-state index >= 15 is 0 Å². The van der Waals surface area contributed by atoms with Crippen LogP contribution in [0, 0.1) is 0 Å². The molecule has 3 unspecified atom stereocenters. The number of esters is 1. The van der Waals surface area contributed by atoms with E-state index in [9.17, 15) is 9.90 Å². The monoisotopic (exact) mass is 258 g/mol. The lowest BCUT2D eigenvalue weighted by Crippen LogP contribution is -2.47. The van der Waals surface area contributed by atoms with Crippen LogP contribution in [-0.4, -0.2) is 60.9 Å². The van der Waals surface area contributed by atoms with Crippen LogP contribution in [0.2, 0.25) is 0 Å². The SMILES string of the molecule is CCOC(=O)CC(O)CNC1CCN(C)C(C)C1. The third-order valence-electron chi connectivity index (χ3n) is 3.56. The topological polar surface area (TPSA) is 61.8 Å². The Hall–Kier alpha value is -0.650. The summed E-state index contributed by atoms with van der Waals surface area (Å²) in [5.74, 6) is -0.330. The molecule has 18 heavy (non-hydrogen) atoms. The van der Waals surface area contributed by atoms with Crippen LogP contribution in [-0.2, 0) is 9.53 Å². The first kappa shape index (κ1) is 15.4. The number of rotatable bonds is 6. The van der Waals surface area contributed by atoms with E-state index in [0.29, 0.717) is 25.2 Å². The van der Waals surface area contributed by atoms with Crippen molar-refractivity contribution >= 4 is 5.97 Å². The van der Waals surface area contributed by atoms with Gasteiger partial charge in [0.15, 0.2) is 0 Å². The number of piperidine rings is 1. The zero-order chi connectivity index (χ0) is 13.5. The van der Waals surface area contributed by atoms with Crippen molar-refractivity contribution in [3.05, 3.63) is 0 Å². The fourth-order valence-corrected chi connectivity index (χ4v) is 2.26. The third-order valence-corrected chi connectivity index (χ3v) is 3.56. The Kier molecular flexibility index (Phi) is 6.60. The van der Waals surface area contributed by atoms with Crippen LogP contribution in [0.3, 0.4) is 0 Å². The smallest absolute Gasteiger partial charge is 0.308 e. The Morgan fingerprint density at radius 2 is 2.33 bits per heavy atom. The van der Waals surface area contributed by atoms with Crippen molar-refractivity contribution in [2.45, 2.75) is 51.3 Å². The molecule has 106 valence electrons. The highest BCUT2D eigenvalue weighted by Gasteiger charge is 2.23. The highest BCUT2D eigenvalue weighted by atomic mass is 16.5. The number of ether oxygens (including phenoxy) is 1. The predicted molar refractivity (Wildman–Crippen MR) is 70.4 cm³/mol. The molecule has 0 aromatic carbocycles. The largest absolute Gasteiger partial charge is 0.466 e. The predicted octanol–water partition coefficient (Wildman–Crippen LogP) is 0.373. The number of aliphatic hydroxyl groups is 1. The van der Waals surface area contributed by atoms with E-state index in [1.807, 2.05) is 0 Å². The second kappa shape index (κ2) is 7.71. The van der Waals surface area contributed by atoms with Gasteiger partial charge in [-0.15, -0.1) is 0 Å². The molecule has 5 heteroatoms. The molecule has 0 saturated carbocycles. The molecule has 3 atom stereocenters. The van der Waals surface area contributed by atoms with E-state index in [4.69, 9.17) is 4.74 Å². The van der Waals surface area contributed by atoms with Gasteiger partial charge >= 0.3 is 5.97 Å². The highest BCUT2D eigenvalue weighted by molar-refractivity contribution is 5.69. The highest BCUT2D eigenvalue weighted by Crippen LogP contribution is 2.15. The Bertz CT molecular complexity index is 261. The number of nitrogens with one attached hydrogen (secondary N) is 1. The second-order valence-corrected chi connectivity index (χ2v) is 5.12. The van der Waals surface area contributed by atoms with Crippen LogP contribution in [0.15, 0.2) is 0 Å². The van der Waals surface area contributed by atoms with Crippen molar-refractivity contribution in [2.75, 3.05) is 26.7 Å². The number of likely N-dealkylation sites (tertiary alicyclic amines) is 1. The van der Waals surface area contributed by atoms with Gasteiger partial charge in [-0.25, -0.2) is 0 Å². The molecule has 0 spiro atoms. The zero-order valence-electron chi connectivity index (χ0n) is 11.7. The van der Waals surface area contributed by atoms with Gasteiger partial charge in [-0.3, -0.25) is 4.79 Å². The van der Waals surface area contributed by atoms with Crippen LogP contribution in [0.5, 0.6) is 0 Å². The van der Waals surface area contributed by atoms with Gasteiger partial charge in [0.25, 0.3) is 0 Å². The van der Waals surface area contributed by atoms with Crippen LogP contribution in [0.1, 0.15) is 33.1 Å². The first-order valence-corrected chi connectivity index (χ1v) is 6.80. The van der Waals surface area contributed by atoms with Gasteiger partial charge in [-0.2, -0.15) is 0 Å². The molecule has 1 rings (SSSR count). The minimum Gasteiger partial charge on any atom is -0.466 e. The van der Waals surface area contributed by atoms with E-state index in [-0.39, 0.29) is 12.4 Å².